The van der Waals surface area contributed by atoms with Crippen LogP contribution in [0.25, 0.3) is 0 Å². The minimum absolute atomic E-state index is 0.0692. The van der Waals surface area contributed by atoms with Gasteiger partial charge in [-0.2, -0.15) is 4.31 Å². The maximum absolute atomic E-state index is 12.5. The second-order valence-electron chi connectivity index (χ2n) is 5.28. The number of nitrogens with zero attached hydrogens (tertiary/aromatic N) is 2. The monoisotopic (exact) mass is 315 g/mol. The van der Waals surface area contributed by atoms with Crippen molar-refractivity contribution in [2.45, 2.75) is 23.8 Å². The maximum atomic E-state index is 12.5. The normalized spacial score (nSPS) is 23.2. The Hall–Kier alpha value is -1.71. The van der Waals surface area contributed by atoms with E-state index < -0.39 is 26.2 Å². The lowest BCUT2D eigenvalue weighted by atomic mass is 10.1. The van der Waals surface area contributed by atoms with E-state index in [0.717, 1.165) is 4.31 Å². The zero-order valence-corrected chi connectivity index (χ0v) is 12.6. The fourth-order valence-corrected chi connectivity index (χ4v) is 3.98. The predicted octanol–water partition coefficient (Wildman–Crippen LogP) is 0.782. The Morgan fingerprint density at radius 1 is 1.48 bits per heavy atom. The van der Waals surface area contributed by atoms with Crippen LogP contribution in [0.5, 0.6) is 0 Å². The number of aliphatic hydroxyl groups is 1. The van der Waals surface area contributed by atoms with Gasteiger partial charge >= 0.3 is 0 Å². The van der Waals surface area contributed by atoms with Crippen molar-refractivity contribution in [1.82, 2.24) is 4.31 Å². The van der Waals surface area contributed by atoms with Crippen molar-refractivity contribution in [2.24, 2.45) is 0 Å². The zero-order valence-electron chi connectivity index (χ0n) is 11.7. The fraction of sp³-hybridized carbons (Fsp3) is 0.500. The molecule has 0 spiro atoms. The van der Waals surface area contributed by atoms with Gasteiger partial charge in [0.1, 0.15) is 0 Å². The van der Waals surface area contributed by atoms with E-state index in [4.69, 9.17) is 0 Å². The topological polar surface area (TPSA) is 113 Å². The first-order valence-electron chi connectivity index (χ1n) is 6.36. The highest BCUT2D eigenvalue weighted by atomic mass is 32.2. The largest absolute Gasteiger partial charge is 0.389 e. The summed E-state index contributed by atoms with van der Waals surface area (Å²) >= 11 is 0. The average molecular weight is 315 g/mol. The predicted molar refractivity (Wildman–Crippen MR) is 76.6 cm³/mol. The number of rotatable bonds is 4. The molecule has 1 aromatic rings. The summed E-state index contributed by atoms with van der Waals surface area (Å²) in [6.45, 7) is 1.61. The molecule has 0 saturated carbocycles. The number of sulfonamides is 1. The molecule has 1 atom stereocenters. The molecule has 2 N–H and O–H groups in total. The highest BCUT2D eigenvalue weighted by molar-refractivity contribution is 7.89. The minimum Gasteiger partial charge on any atom is -0.389 e. The van der Waals surface area contributed by atoms with Crippen LogP contribution in [0, 0.1) is 10.1 Å². The lowest BCUT2D eigenvalue weighted by Crippen LogP contribution is -2.34. The Balaban J connectivity index is 2.48. The third-order valence-corrected chi connectivity index (χ3v) is 5.37. The Kier molecular flexibility index (Phi) is 3.91. The molecule has 0 radical (unpaired) electrons. The van der Waals surface area contributed by atoms with E-state index in [-0.39, 0.29) is 18.0 Å². The van der Waals surface area contributed by atoms with Crippen LogP contribution < -0.4 is 5.32 Å². The Morgan fingerprint density at radius 3 is 2.62 bits per heavy atom. The lowest BCUT2D eigenvalue weighted by molar-refractivity contribution is -0.387. The first-order chi connectivity index (χ1) is 9.67. The van der Waals surface area contributed by atoms with Crippen molar-refractivity contribution in [3.05, 3.63) is 28.3 Å². The van der Waals surface area contributed by atoms with Crippen LogP contribution in [0.1, 0.15) is 13.3 Å². The molecule has 1 saturated heterocycles. The summed E-state index contributed by atoms with van der Waals surface area (Å²) < 4.78 is 26.2. The zero-order chi connectivity index (χ0) is 15.8. The molecular formula is C12H17N3O5S. The summed E-state index contributed by atoms with van der Waals surface area (Å²) in [5.41, 5.74) is -1.13. The molecule has 1 aliphatic rings. The summed E-state index contributed by atoms with van der Waals surface area (Å²) in [6, 6.07) is 3.86. The Bertz CT molecular complexity index is 671. The minimum atomic E-state index is -4.01. The Labute approximate surface area is 122 Å². The summed E-state index contributed by atoms with van der Waals surface area (Å²) in [6.07, 6.45) is 0.300. The van der Waals surface area contributed by atoms with Gasteiger partial charge in [-0.25, -0.2) is 8.42 Å². The van der Waals surface area contributed by atoms with E-state index in [1.165, 1.54) is 18.2 Å². The molecule has 116 valence electrons. The van der Waals surface area contributed by atoms with Gasteiger partial charge in [-0.15, -0.1) is 0 Å². The van der Waals surface area contributed by atoms with Gasteiger partial charge in [-0.05, 0) is 25.5 Å². The molecule has 2 rings (SSSR count). The molecule has 1 fully saturated rings. The standard InChI is InChI=1S/C12H17N3O5S/c1-12(16)5-6-14(8-12)21(19,20)11-4-3-9(13-2)7-10(11)15(17)18/h3-4,7,13,16H,5-6,8H2,1-2H3. The molecular weight excluding hydrogens is 298 g/mol. The van der Waals surface area contributed by atoms with E-state index in [1.807, 2.05) is 0 Å². The summed E-state index contributed by atoms with van der Waals surface area (Å²) in [5, 5.41) is 23.7. The van der Waals surface area contributed by atoms with Gasteiger partial charge in [0, 0.05) is 31.9 Å². The smallest absolute Gasteiger partial charge is 0.291 e. The number of nitro groups is 1. The molecule has 9 heteroatoms. The lowest BCUT2D eigenvalue weighted by Gasteiger charge is -2.19. The number of benzene rings is 1. The summed E-state index contributed by atoms with van der Waals surface area (Å²) in [4.78, 5) is 10.0. The number of hydrogen-bond donors (Lipinski definition) is 2. The van der Waals surface area contributed by atoms with E-state index in [1.54, 1.807) is 14.0 Å². The van der Waals surface area contributed by atoms with E-state index in [0.29, 0.717) is 12.1 Å². The molecule has 21 heavy (non-hydrogen) atoms. The fourth-order valence-electron chi connectivity index (χ4n) is 2.28. The van der Waals surface area contributed by atoms with Crippen LogP contribution in [-0.2, 0) is 10.0 Å². The molecule has 0 bridgehead atoms. The quantitative estimate of drug-likeness (QED) is 0.627. The molecule has 1 aliphatic heterocycles. The summed E-state index contributed by atoms with van der Waals surface area (Å²) in [5.74, 6) is 0. The number of nitro benzene ring substituents is 1. The van der Waals surface area contributed by atoms with Crippen LogP contribution in [0.3, 0.4) is 0 Å². The second-order valence-corrected chi connectivity index (χ2v) is 7.18. The van der Waals surface area contributed by atoms with E-state index >= 15 is 0 Å². The highest BCUT2D eigenvalue weighted by Crippen LogP contribution is 2.33. The van der Waals surface area contributed by atoms with Crippen LogP contribution in [0.2, 0.25) is 0 Å². The maximum Gasteiger partial charge on any atom is 0.291 e. The molecule has 0 amide bonds. The van der Waals surface area contributed by atoms with Crippen LogP contribution in [0.15, 0.2) is 23.1 Å². The van der Waals surface area contributed by atoms with Crippen molar-refractivity contribution < 1.29 is 18.4 Å². The van der Waals surface area contributed by atoms with Crippen LogP contribution in [-0.4, -0.2) is 48.5 Å². The molecule has 0 aliphatic carbocycles. The van der Waals surface area contributed by atoms with Gasteiger partial charge in [0.15, 0.2) is 4.90 Å². The Morgan fingerprint density at radius 2 is 2.14 bits per heavy atom. The highest BCUT2D eigenvalue weighted by Gasteiger charge is 2.40. The third kappa shape index (κ3) is 2.99. The molecule has 8 nitrogen and oxygen atoms in total. The molecule has 1 heterocycles. The molecule has 1 unspecified atom stereocenters. The average Bonchev–Trinajstić information content (AvgIpc) is 2.79. The van der Waals surface area contributed by atoms with E-state index in [2.05, 4.69) is 5.32 Å². The van der Waals surface area contributed by atoms with Gasteiger partial charge in [0.25, 0.3) is 5.69 Å². The van der Waals surface area contributed by atoms with Gasteiger partial charge in [0.2, 0.25) is 10.0 Å². The van der Waals surface area contributed by atoms with Gasteiger partial charge < -0.3 is 10.4 Å². The van der Waals surface area contributed by atoms with Crippen LogP contribution >= 0.6 is 0 Å². The van der Waals surface area contributed by atoms with Gasteiger partial charge in [0.05, 0.1) is 10.5 Å². The SMILES string of the molecule is CNc1ccc(S(=O)(=O)N2CCC(C)(O)C2)c([N+](=O)[O-])c1. The molecule has 1 aromatic carbocycles. The summed E-state index contributed by atoms with van der Waals surface area (Å²) in [7, 11) is -2.42. The number of anilines is 1. The van der Waals surface area contributed by atoms with Crippen molar-refractivity contribution >= 4 is 21.4 Å². The van der Waals surface area contributed by atoms with E-state index in [9.17, 15) is 23.6 Å². The van der Waals surface area contributed by atoms with Crippen molar-refractivity contribution in [3.63, 3.8) is 0 Å². The van der Waals surface area contributed by atoms with Crippen LogP contribution in [0.4, 0.5) is 11.4 Å². The number of nitrogens with one attached hydrogen (secondary N) is 1. The molecule has 0 aromatic heterocycles. The van der Waals surface area contributed by atoms with Crippen molar-refractivity contribution in [2.75, 3.05) is 25.5 Å². The number of β-amino-alcohol motifs (C(OH)–C–C–N with tert-alkyl or cyclic N) is 1. The first-order valence-corrected chi connectivity index (χ1v) is 7.80. The van der Waals surface area contributed by atoms with Crippen molar-refractivity contribution in [1.29, 1.82) is 0 Å². The number of hydrogen-bond acceptors (Lipinski definition) is 6. The van der Waals surface area contributed by atoms with Gasteiger partial charge in [-0.3, -0.25) is 10.1 Å². The third-order valence-electron chi connectivity index (χ3n) is 3.48. The first kappa shape index (κ1) is 15.7. The van der Waals surface area contributed by atoms with Gasteiger partial charge in [-0.1, -0.05) is 0 Å². The van der Waals surface area contributed by atoms with Crippen molar-refractivity contribution in [3.8, 4) is 0 Å². The second kappa shape index (κ2) is 5.24.